The minimum Gasteiger partial charge on any atom is -0.486 e. The van der Waals surface area contributed by atoms with Crippen LogP contribution in [0.3, 0.4) is 0 Å². The molecule has 9 rings (SSSR count). The van der Waals surface area contributed by atoms with Crippen molar-refractivity contribution in [2.45, 2.75) is 69.5 Å². The number of amides is 3. The SMILES string of the molecule is O=C1COc2ccc(cc2)C[C@@H](C(=O)N[C@@H](Cc2ccccc2)C(=O)O)CC(=O)[C@H](CCc2ccccc2)NC(=O)[C@@H](Cc2ccc(-c3ccccc3)cc2)NC(=O)[C@H](Cc2ccc(-c3ccncc3)cc2)C1. The fraction of sp³-hybridized carbons (Fsp3) is 0.230. The predicted octanol–water partition coefficient (Wildman–Crippen LogP) is 8.40. The van der Waals surface area contributed by atoms with E-state index in [-0.39, 0.29) is 57.3 Å². The van der Waals surface area contributed by atoms with Crippen LogP contribution in [0.15, 0.2) is 188 Å². The molecular weight excluding hydrogens is 917 g/mol. The minimum absolute atomic E-state index is 0.0185. The predicted molar refractivity (Wildman–Crippen MR) is 279 cm³/mol. The number of carbonyl (C=O) groups is 6. The number of aromatic nitrogens is 1. The third-order valence-corrected chi connectivity index (χ3v) is 13.2. The molecule has 0 radical (unpaired) electrons. The molecule has 2 aliphatic heterocycles. The Morgan fingerprint density at radius 3 is 1.74 bits per heavy atom. The Bertz CT molecular complexity index is 2950. The molecule has 0 aliphatic carbocycles. The lowest BCUT2D eigenvalue weighted by atomic mass is 9.89. The van der Waals surface area contributed by atoms with E-state index in [0.717, 1.165) is 38.9 Å². The summed E-state index contributed by atoms with van der Waals surface area (Å²) in [5.74, 6) is -5.36. The zero-order chi connectivity index (χ0) is 50.9. The molecule has 7 aromatic rings. The Balaban J connectivity index is 1.12. The summed E-state index contributed by atoms with van der Waals surface area (Å²) in [7, 11) is 0. The molecule has 12 heteroatoms. The van der Waals surface area contributed by atoms with Crippen molar-refractivity contribution in [3.05, 3.63) is 216 Å². The standard InChI is InChI=1S/C61H58N4O8/c66-52-38-50(34-43-16-23-48(24-17-43)49-30-32-62-33-31-49)58(68)64-55(36-45-18-25-47(26-19-45)46-14-8-3-9-15-46)60(70)63-54(29-22-41-10-4-1-5-11-41)57(67)39-51(35-44-20-27-53(28-21-44)73-40-52)59(69)65-56(61(71)72)37-42-12-6-2-7-13-42/h1-21,23-28,30-33,50-51,54-56H,22,29,34-40H2,(H,63,70)(H,64,68)(H,65,69)(H,71,72)/t50-,51-,54+,55-,56+/m1/s1. The van der Waals surface area contributed by atoms with Gasteiger partial charge >= 0.3 is 5.97 Å². The second kappa shape index (κ2) is 25.0. The normalized spacial score (nSPS) is 18.2. The van der Waals surface area contributed by atoms with Crippen LogP contribution in [0, 0.1) is 11.8 Å². The summed E-state index contributed by atoms with van der Waals surface area (Å²) in [5.41, 5.74) is 7.74. The number of nitrogens with zero attached hydrogens (tertiary/aromatic N) is 1. The maximum atomic E-state index is 14.9. The van der Waals surface area contributed by atoms with Crippen molar-refractivity contribution in [1.29, 1.82) is 0 Å². The first-order valence-electron chi connectivity index (χ1n) is 24.6. The van der Waals surface area contributed by atoms with Crippen molar-refractivity contribution in [3.8, 4) is 28.0 Å². The number of Topliss-reactive ketones (excluding diaryl/α,β-unsaturated/α-hetero) is 2. The van der Waals surface area contributed by atoms with Crippen molar-refractivity contribution in [3.63, 3.8) is 0 Å². The average molecular weight is 975 g/mol. The van der Waals surface area contributed by atoms with Gasteiger partial charge in [-0.2, -0.15) is 0 Å². The zero-order valence-corrected chi connectivity index (χ0v) is 40.4. The zero-order valence-electron chi connectivity index (χ0n) is 40.4. The summed E-state index contributed by atoms with van der Waals surface area (Å²) in [6, 6.07) is 50.7. The van der Waals surface area contributed by atoms with E-state index in [1.807, 2.05) is 127 Å². The molecule has 2 bridgehead atoms. The first-order valence-corrected chi connectivity index (χ1v) is 24.6. The summed E-state index contributed by atoms with van der Waals surface area (Å²) < 4.78 is 5.95. The van der Waals surface area contributed by atoms with Gasteiger partial charge in [-0.25, -0.2) is 4.79 Å². The van der Waals surface area contributed by atoms with Crippen LogP contribution >= 0.6 is 0 Å². The second-order valence-corrected chi connectivity index (χ2v) is 18.6. The van der Waals surface area contributed by atoms with Crippen LogP contribution in [0.4, 0.5) is 0 Å². The molecule has 0 spiro atoms. The highest BCUT2D eigenvalue weighted by atomic mass is 16.5. The lowest BCUT2D eigenvalue weighted by molar-refractivity contribution is -0.142. The maximum Gasteiger partial charge on any atom is 0.326 e. The van der Waals surface area contributed by atoms with Crippen molar-refractivity contribution >= 4 is 35.3 Å². The van der Waals surface area contributed by atoms with Gasteiger partial charge in [-0.15, -0.1) is 0 Å². The van der Waals surface area contributed by atoms with Crippen LogP contribution in [0.5, 0.6) is 5.75 Å². The van der Waals surface area contributed by atoms with E-state index in [4.69, 9.17) is 4.74 Å². The Kier molecular flexibility index (Phi) is 17.5. The topological polar surface area (TPSA) is 181 Å². The van der Waals surface area contributed by atoms with Gasteiger partial charge in [0.2, 0.25) is 17.7 Å². The number of ketones is 2. The molecule has 4 N–H and O–H groups in total. The molecule has 0 unspecified atom stereocenters. The number of benzene rings is 6. The molecule has 0 saturated carbocycles. The van der Waals surface area contributed by atoms with E-state index in [1.54, 1.807) is 60.9 Å². The molecule has 1 aromatic heterocycles. The first kappa shape index (κ1) is 50.9. The van der Waals surface area contributed by atoms with E-state index in [2.05, 4.69) is 20.9 Å². The summed E-state index contributed by atoms with van der Waals surface area (Å²) in [5, 5.41) is 19.0. The van der Waals surface area contributed by atoms with Crippen molar-refractivity contribution in [2.24, 2.45) is 11.8 Å². The largest absolute Gasteiger partial charge is 0.486 e. The fourth-order valence-corrected chi connectivity index (χ4v) is 9.15. The third kappa shape index (κ3) is 14.8. The molecule has 6 aromatic carbocycles. The summed E-state index contributed by atoms with van der Waals surface area (Å²) in [6.45, 7) is -0.331. The monoisotopic (exact) mass is 974 g/mol. The number of hydrogen-bond donors (Lipinski definition) is 4. The number of carbonyl (C=O) groups excluding carboxylic acids is 5. The maximum absolute atomic E-state index is 14.9. The Labute approximate surface area is 425 Å². The Morgan fingerprint density at radius 1 is 0.575 bits per heavy atom. The van der Waals surface area contributed by atoms with Crippen molar-refractivity contribution in [1.82, 2.24) is 20.9 Å². The summed E-state index contributed by atoms with van der Waals surface area (Å²) in [4.78, 5) is 89.4. The molecule has 370 valence electrons. The quantitative estimate of drug-likeness (QED) is 0.0833. The smallest absolute Gasteiger partial charge is 0.326 e. The van der Waals surface area contributed by atoms with E-state index in [1.165, 1.54) is 0 Å². The van der Waals surface area contributed by atoms with Gasteiger partial charge in [0.05, 0.1) is 6.04 Å². The molecule has 0 saturated heterocycles. The number of fused-ring (bicyclic) bond motifs is 16. The number of rotatable bonds is 14. The van der Waals surface area contributed by atoms with Gasteiger partial charge in [0.1, 0.15) is 24.4 Å². The van der Waals surface area contributed by atoms with Gasteiger partial charge in [-0.05, 0) is 100 Å². The highest BCUT2D eigenvalue weighted by molar-refractivity contribution is 5.96. The van der Waals surface area contributed by atoms with E-state index < -0.39 is 59.4 Å². The molecule has 3 amide bonds. The molecule has 5 atom stereocenters. The summed E-state index contributed by atoms with van der Waals surface area (Å²) in [6.07, 6.45) is 3.77. The number of aryl methyl sites for hydroxylation is 1. The molecule has 0 fully saturated rings. The number of nitrogens with one attached hydrogen (secondary N) is 3. The molecule has 73 heavy (non-hydrogen) atoms. The van der Waals surface area contributed by atoms with Crippen LogP contribution in [0.2, 0.25) is 0 Å². The molecule has 2 aliphatic rings. The van der Waals surface area contributed by atoms with Gasteiger partial charge in [0.25, 0.3) is 0 Å². The Morgan fingerprint density at radius 2 is 1.12 bits per heavy atom. The van der Waals surface area contributed by atoms with Crippen LogP contribution in [0.1, 0.15) is 47.1 Å². The number of carboxylic acids is 1. The number of pyridine rings is 1. The van der Waals surface area contributed by atoms with Gasteiger partial charge in [0.15, 0.2) is 11.6 Å². The number of ether oxygens (including phenoxy) is 1. The highest BCUT2D eigenvalue weighted by Crippen LogP contribution is 2.25. The first-order chi connectivity index (χ1) is 35.5. The number of carboxylic acid groups (broad SMARTS) is 1. The van der Waals surface area contributed by atoms with E-state index in [9.17, 15) is 33.9 Å². The number of hydrogen-bond acceptors (Lipinski definition) is 8. The van der Waals surface area contributed by atoms with Gasteiger partial charge in [-0.1, -0.05) is 152 Å². The van der Waals surface area contributed by atoms with Crippen LogP contribution in [-0.2, 0) is 60.9 Å². The van der Waals surface area contributed by atoms with Gasteiger partial charge in [-0.3, -0.25) is 29.0 Å². The van der Waals surface area contributed by atoms with Crippen LogP contribution in [-0.4, -0.2) is 70.1 Å². The van der Waals surface area contributed by atoms with Crippen molar-refractivity contribution < 1.29 is 38.6 Å². The molecule has 12 nitrogen and oxygen atoms in total. The van der Waals surface area contributed by atoms with Gasteiger partial charge in [0, 0.05) is 49.9 Å². The average Bonchev–Trinajstić information content (AvgIpc) is 3.42. The number of aliphatic carboxylic acids is 1. The van der Waals surface area contributed by atoms with Crippen LogP contribution in [0.25, 0.3) is 22.3 Å². The van der Waals surface area contributed by atoms with Crippen LogP contribution < -0.4 is 20.7 Å². The minimum atomic E-state index is -1.29. The van der Waals surface area contributed by atoms with Gasteiger partial charge < -0.3 is 25.8 Å². The molecular formula is C61H58N4O8. The highest BCUT2D eigenvalue weighted by Gasteiger charge is 2.34. The van der Waals surface area contributed by atoms with Crippen molar-refractivity contribution in [2.75, 3.05) is 6.61 Å². The second-order valence-electron chi connectivity index (χ2n) is 18.6. The van der Waals surface area contributed by atoms with E-state index >= 15 is 0 Å². The third-order valence-electron chi connectivity index (χ3n) is 13.2. The Hall–Kier alpha value is -8.51. The lowest BCUT2D eigenvalue weighted by Gasteiger charge is -2.26. The molecule has 3 heterocycles. The lowest BCUT2D eigenvalue weighted by Crippen LogP contribution is -2.54. The summed E-state index contributed by atoms with van der Waals surface area (Å²) >= 11 is 0. The fourth-order valence-electron chi connectivity index (χ4n) is 9.15. The van der Waals surface area contributed by atoms with E-state index in [0.29, 0.717) is 23.3 Å².